The molecule has 98 valence electrons. The van der Waals surface area contributed by atoms with E-state index in [1.165, 1.54) is 0 Å². The van der Waals surface area contributed by atoms with Crippen LogP contribution in [0.4, 0.5) is 0 Å². The summed E-state index contributed by atoms with van der Waals surface area (Å²) in [4.78, 5) is 13.2. The van der Waals surface area contributed by atoms with Crippen LogP contribution in [0.25, 0.3) is 0 Å². The lowest BCUT2D eigenvalue weighted by Gasteiger charge is -2.35. The number of aliphatic hydroxyl groups is 1. The fraction of sp³-hybridized carbons (Fsp3) is 0.462. The number of hydrogen-bond donors (Lipinski definition) is 1. The second kappa shape index (κ2) is 5.73. The normalized spacial score (nSPS) is 15.1. The molecule has 0 aromatic heterocycles. The molecule has 0 aliphatic carbocycles. The van der Waals surface area contributed by atoms with Crippen LogP contribution < -0.4 is 9.47 Å². The van der Waals surface area contributed by atoms with Gasteiger partial charge in [0.2, 0.25) is 0 Å². The van der Waals surface area contributed by atoms with Crippen LogP contribution in [0.3, 0.4) is 0 Å². The number of hydrogen-bond acceptors (Lipinski definition) is 4. The summed E-state index contributed by atoms with van der Waals surface area (Å²) in [5, 5.41) is 9.11. The number of likely N-dealkylation sites (tertiary alicyclic amines) is 1. The van der Waals surface area contributed by atoms with Crippen molar-refractivity contribution in [3.8, 4) is 11.5 Å². The Morgan fingerprint density at radius 2 is 1.94 bits per heavy atom. The van der Waals surface area contributed by atoms with E-state index in [9.17, 15) is 4.79 Å². The highest BCUT2D eigenvalue weighted by Gasteiger charge is 2.28. The van der Waals surface area contributed by atoms with Crippen LogP contribution in [0.1, 0.15) is 6.92 Å². The van der Waals surface area contributed by atoms with Crippen molar-refractivity contribution in [2.75, 3.05) is 26.3 Å². The van der Waals surface area contributed by atoms with Crippen LogP contribution in [0, 0.1) is 0 Å². The highest BCUT2D eigenvalue weighted by Crippen LogP contribution is 2.26. The highest BCUT2D eigenvalue weighted by molar-refractivity contribution is 5.78. The van der Waals surface area contributed by atoms with Crippen molar-refractivity contribution in [1.29, 1.82) is 0 Å². The van der Waals surface area contributed by atoms with E-state index in [0.717, 1.165) is 0 Å². The molecule has 1 aromatic carbocycles. The molecule has 0 unspecified atom stereocenters. The summed E-state index contributed by atoms with van der Waals surface area (Å²) in [6, 6.07) is 7.25. The van der Waals surface area contributed by atoms with Gasteiger partial charge in [0.05, 0.1) is 12.7 Å². The molecule has 0 atom stereocenters. The van der Waals surface area contributed by atoms with Crippen LogP contribution in [-0.4, -0.2) is 48.3 Å². The molecule has 0 bridgehead atoms. The topological polar surface area (TPSA) is 59.0 Å². The first kappa shape index (κ1) is 12.7. The molecule has 1 heterocycles. The summed E-state index contributed by atoms with van der Waals surface area (Å²) >= 11 is 0. The molecule has 1 saturated heterocycles. The average molecular weight is 251 g/mol. The van der Waals surface area contributed by atoms with E-state index in [4.69, 9.17) is 14.6 Å². The summed E-state index contributed by atoms with van der Waals surface area (Å²) in [5.41, 5.74) is 0. The van der Waals surface area contributed by atoms with Gasteiger partial charge in [0.15, 0.2) is 18.1 Å². The van der Waals surface area contributed by atoms with E-state index in [2.05, 4.69) is 0 Å². The first-order chi connectivity index (χ1) is 8.70. The van der Waals surface area contributed by atoms with E-state index in [1.54, 1.807) is 17.0 Å². The van der Waals surface area contributed by atoms with Crippen molar-refractivity contribution < 1.29 is 19.4 Å². The lowest BCUT2D eigenvalue weighted by molar-refractivity contribution is -0.143. The Labute approximate surface area is 106 Å². The molecule has 1 amide bonds. The third kappa shape index (κ3) is 2.92. The lowest BCUT2D eigenvalue weighted by Crippen LogP contribution is -2.54. The summed E-state index contributed by atoms with van der Waals surface area (Å²) in [6.07, 6.45) is -0.385. The number of β-amino-alcohol motifs (C(OH)–C–C–N with tert-alkyl or cyclic N) is 1. The van der Waals surface area contributed by atoms with Crippen LogP contribution in [-0.2, 0) is 4.79 Å². The number of rotatable bonds is 5. The first-order valence-corrected chi connectivity index (χ1v) is 6.01. The molecule has 1 aliphatic rings. The number of amides is 1. The molecule has 1 fully saturated rings. The number of carbonyl (C=O) groups excluding carboxylic acids is 1. The molecule has 1 aliphatic heterocycles. The maximum atomic E-state index is 11.7. The van der Waals surface area contributed by atoms with Crippen LogP contribution >= 0.6 is 0 Å². The average Bonchev–Trinajstić information content (AvgIpc) is 2.34. The Balaban J connectivity index is 1.87. The molecular formula is C13H17NO4. The Bertz CT molecular complexity index is 415. The molecule has 5 nitrogen and oxygen atoms in total. The number of nitrogens with zero attached hydrogens (tertiary/aromatic N) is 1. The largest absolute Gasteiger partial charge is 0.490 e. The van der Waals surface area contributed by atoms with Gasteiger partial charge in [-0.3, -0.25) is 4.79 Å². The molecule has 0 radical (unpaired) electrons. The first-order valence-electron chi connectivity index (χ1n) is 6.01. The van der Waals surface area contributed by atoms with Gasteiger partial charge < -0.3 is 19.5 Å². The SMILES string of the molecule is CCOc1ccccc1OCC(=O)N1CC(O)C1. The third-order valence-corrected chi connectivity index (χ3v) is 2.72. The Morgan fingerprint density at radius 3 is 2.50 bits per heavy atom. The Hall–Kier alpha value is -1.75. The molecule has 1 aromatic rings. The van der Waals surface area contributed by atoms with E-state index >= 15 is 0 Å². The van der Waals surface area contributed by atoms with Gasteiger partial charge in [-0.05, 0) is 19.1 Å². The molecule has 5 heteroatoms. The van der Waals surface area contributed by atoms with E-state index < -0.39 is 0 Å². The molecular weight excluding hydrogens is 234 g/mol. The maximum absolute atomic E-state index is 11.7. The molecule has 0 saturated carbocycles. The summed E-state index contributed by atoms with van der Waals surface area (Å²) in [5.74, 6) is 1.08. The monoisotopic (exact) mass is 251 g/mol. The predicted octanol–water partition coefficient (Wildman–Crippen LogP) is 0.667. The minimum Gasteiger partial charge on any atom is -0.490 e. The highest BCUT2D eigenvalue weighted by atomic mass is 16.5. The second-order valence-electron chi connectivity index (χ2n) is 4.12. The summed E-state index contributed by atoms with van der Waals surface area (Å²) in [7, 11) is 0. The fourth-order valence-corrected chi connectivity index (χ4v) is 1.73. The van der Waals surface area contributed by atoms with Gasteiger partial charge in [-0.25, -0.2) is 0 Å². The van der Waals surface area contributed by atoms with Crippen LogP contribution in [0.2, 0.25) is 0 Å². The van der Waals surface area contributed by atoms with Crippen LogP contribution in [0.15, 0.2) is 24.3 Å². The summed E-state index contributed by atoms with van der Waals surface area (Å²) in [6.45, 7) is 3.21. The Kier molecular flexibility index (Phi) is 4.04. The van der Waals surface area contributed by atoms with Gasteiger partial charge >= 0.3 is 0 Å². The van der Waals surface area contributed by atoms with Crippen molar-refractivity contribution in [3.05, 3.63) is 24.3 Å². The summed E-state index contributed by atoms with van der Waals surface area (Å²) < 4.78 is 10.8. The lowest BCUT2D eigenvalue weighted by atomic mass is 10.2. The van der Waals surface area contributed by atoms with Crippen molar-refractivity contribution in [3.63, 3.8) is 0 Å². The molecule has 1 N–H and O–H groups in total. The van der Waals surface area contributed by atoms with Gasteiger partial charge in [0.25, 0.3) is 5.91 Å². The van der Waals surface area contributed by atoms with E-state index in [-0.39, 0.29) is 18.6 Å². The van der Waals surface area contributed by atoms with Gasteiger partial charge in [0, 0.05) is 13.1 Å². The standard InChI is InChI=1S/C13H17NO4/c1-2-17-11-5-3-4-6-12(11)18-9-13(16)14-7-10(15)8-14/h3-6,10,15H,2,7-9H2,1H3. The number of benzene rings is 1. The predicted molar refractivity (Wildman–Crippen MR) is 65.7 cm³/mol. The van der Waals surface area contributed by atoms with E-state index in [0.29, 0.717) is 31.2 Å². The van der Waals surface area contributed by atoms with Crippen molar-refractivity contribution >= 4 is 5.91 Å². The van der Waals surface area contributed by atoms with Gasteiger partial charge in [-0.2, -0.15) is 0 Å². The minimum atomic E-state index is -0.385. The quantitative estimate of drug-likeness (QED) is 0.835. The number of ether oxygens (including phenoxy) is 2. The van der Waals surface area contributed by atoms with Crippen molar-refractivity contribution in [2.24, 2.45) is 0 Å². The Morgan fingerprint density at radius 1 is 1.33 bits per heavy atom. The maximum Gasteiger partial charge on any atom is 0.260 e. The molecule has 2 rings (SSSR count). The van der Waals surface area contributed by atoms with Gasteiger partial charge in [0.1, 0.15) is 0 Å². The van der Waals surface area contributed by atoms with Crippen LogP contribution in [0.5, 0.6) is 11.5 Å². The number of carbonyl (C=O) groups is 1. The molecule has 18 heavy (non-hydrogen) atoms. The number of para-hydroxylation sites is 2. The zero-order valence-corrected chi connectivity index (χ0v) is 10.3. The fourth-order valence-electron chi connectivity index (χ4n) is 1.73. The van der Waals surface area contributed by atoms with Crippen molar-refractivity contribution in [2.45, 2.75) is 13.0 Å². The third-order valence-electron chi connectivity index (χ3n) is 2.72. The smallest absolute Gasteiger partial charge is 0.260 e. The zero-order chi connectivity index (χ0) is 13.0. The van der Waals surface area contributed by atoms with Crippen molar-refractivity contribution in [1.82, 2.24) is 4.90 Å². The number of aliphatic hydroxyl groups excluding tert-OH is 1. The second-order valence-corrected chi connectivity index (χ2v) is 4.12. The van der Waals surface area contributed by atoms with E-state index in [1.807, 2.05) is 19.1 Å². The van der Waals surface area contributed by atoms with Gasteiger partial charge in [-0.1, -0.05) is 12.1 Å². The zero-order valence-electron chi connectivity index (χ0n) is 10.3. The van der Waals surface area contributed by atoms with Gasteiger partial charge in [-0.15, -0.1) is 0 Å². The molecule has 0 spiro atoms. The minimum absolute atomic E-state index is 0.0309.